The molecule has 0 bridgehead atoms. The first-order chi connectivity index (χ1) is 8.58. The fraction of sp³-hybridized carbons (Fsp3) is 0.500. The number of hydrogen-bond donors (Lipinski definition) is 2. The van der Waals surface area contributed by atoms with Crippen LogP contribution in [0.3, 0.4) is 0 Å². The first kappa shape index (κ1) is 14.9. The molecule has 0 fully saturated rings. The smallest absolute Gasteiger partial charge is 0.253 e. The second-order valence-corrected chi connectivity index (χ2v) is 5.61. The zero-order chi connectivity index (χ0) is 13.5. The van der Waals surface area contributed by atoms with E-state index in [1.807, 2.05) is 38.3 Å². The Balaban J connectivity index is 2.79. The summed E-state index contributed by atoms with van der Waals surface area (Å²) < 4.78 is 0. The van der Waals surface area contributed by atoms with Crippen LogP contribution in [0.25, 0.3) is 0 Å². The van der Waals surface area contributed by atoms with Gasteiger partial charge in [0.2, 0.25) is 0 Å². The Bertz CT molecular complexity index is 407. The van der Waals surface area contributed by atoms with Crippen molar-refractivity contribution in [3.63, 3.8) is 0 Å². The first-order valence-corrected chi connectivity index (χ1v) is 7.52. The molecule has 18 heavy (non-hydrogen) atoms. The molecule has 1 aromatic rings. The quantitative estimate of drug-likeness (QED) is 0.832. The predicted octanol–water partition coefficient (Wildman–Crippen LogP) is 2.91. The lowest BCUT2D eigenvalue weighted by Gasteiger charge is -2.14. The lowest BCUT2D eigenvalue weighted by Crippen LogP contribution is -2.30. The largest absolute Gasteiger partial charge is 0.385 e. The predicted molar refractivity (Wildman–Crippen MR) is 80.7 cm³/mol. The Morgan fingerprint density at radius 3 is 2.78 bits per heavy atom. The van der Waals surface area contributed by atoms with Gasteiger partial charge in [0.25, 0.3) is 5.91 Å². The van der Waals surface area contributed by atoms with E-state index >= 15 is 0 Å². The lowest BCUT2D eigenvalue weighted by molar-refractivity contribution is 0.0955. The van der Waals surface area contributed by atoms with Crippen LogP contribution in [0.5, 0.6) is 0 Å². The van der Waals surface area contributed by atoms with Crippen molar-refractivity contribution in [3.8, 4) is 0 Å². The summed E-state index contributed by atoms with van der Waals surface area (Å²) in [5, 5.41) is 6.63. The second kappa shape index (κ2) is 7.31. The summed E-state index contributed by atoms with van der Waals surface area (Å²) in [6, 6.07) is 5.90. The average molecular weight is 266 g/mol. The molecular weight excluding hydrogens is 244 g/mol. The highest BCUT2D eigenvalue weighted by Gasteiger charge is 2.12. The molecule has 0 aliphatic carbocycles. The van der Waals surface area contributed by atoms with E-state index in [0.29, 0.717) is 11.8 Å². The highest BCUT2D eigenvalue weighted by atomic mass is 32.2. The number of nitrogens with one attached hydrogen (secondary N) is 2. The summed E-state index contributed by atoms with van der Waals surface area (Å²) in [6.45, 7) is 7.63. The number of anilines is 1. The molecule has 3 nitrogen and oxygen atoms in total. The van der Waals surface area contributed by atoms with Crippen LogP contribution >= 0.6 is 11.8 Å². The molecule has 4 heteroatoms. The molecule has 0 saturated carbocycles. The lowest BCUT2D eigenvalue weighted by atomic mass is 10.1. The highest BCUT2D eigenvalue weighted by Crippen LogP contribution is 2.17. The van der Waals surface area contributed by atoms with E-state index in [-0.39, 0.29) is 5.91 Å². The van der Waals surface area contributed by atoms with Crippen molar-refractivity contribution in [1.82, 2.24) is 5.32 Å². The topological polar surface area (TPSA) is 41.1 Å². The van der Waals surface area contributed by atoms with E-state index in [0.717, 1.165) is 23.4 Å². The third-order valence-electron chi connectivity index (χ3n) is 2.74. The minimum Gasteiger partial charge on any atom is -0.385 e. The van der Waals surface area contributed by atoms with E-state index in [1.165, 1.54) is 0 Å². The van der Waals surface area contributed by atoms with E-state index in [4.69, 9.17) is 0 Å². The van der Waals surface area contributed by atoms with Gasteiger partial charge >= 0.3 is 0 Å². The number of aryl methyl sites for hydroxylation is 1. The Kier molecular flexibility index (Phi) is 6.05. The number of carbonyl (C=O) groups is 1. The molecule has 0 spiro atoms. The van der Waals surface area contributed by atoms with Gasteiger partial charge < -0.3 is 10.6 Å². The zero-order valence-corrected chi connectivity index (χ0v) is 12.4. The van der Waals surface area contributed by atoms with Gasteiger partial charge in [0.1, 0.15) is 0 Å². The van der Waals surface area contributed by atoms with Crippen molar-refractivity contribution < 1.29 is 4.79 Å². The Morgan fingerprint density at radius 1 is 1.44 bits per heavy atom. The number of benzene rings is 1. The molecule has 1 aromatic carbocycles. The molecule has 0 aliphatic rings. The average Bonchev–Trinajstić information content (AvgIpc) is 2.37. The van der Waals surface area contributed by atoms with Crippen LogP contribution in [0, 0.1) is 6.92 Å². The Labute approximate surface area is 114 Å². The van der Waals surface area contributed by atoms with Crippen LogP contribution in [-0.2, 0) is 0 Å². The molecular formula is C14H22N2OS. The summed E-state index contributed by atoms with van der Waals surface area (Å²) in [6.07, 6.45) is 2.05. The van der Waals surface area contributed by atoms with Crippen LogP contribution in [0.1, 0.15) is 29.8 Å². The minimum atomic E-state index is -0.00412. The van der Waals surface area contributed by atoms with Crippen molar-refractivity contribution in [2.24, 2.45) is 0 Å². The summed E-state index contributed by atoms with van der Waals surface area (Å²) in [4.78, 5) is 12.2. The Morgan fingerprint density at radius 2 is 2.17 bits per heavy atom. The van der Waals surface area contributed by atoms with Gasteiger partial charge in [0.15, 0.2) is 0 Å². The number of thioether (sulfide) groups is 1. The van der Waals surface area contributed by atoms with Crippen molar-refractivity contribution in [1.29, 1.82) is 0 Å². The normalized spacial score (nSPS) is 12.0. The van der Waals surface area contributed by atoms with Crippen LogP contribution in [0.4, 0.5) is 5.69 Å². The molecule has 0 aliphatic heterocycles. The fourth-order valence-corrected chi connectivity index (χ4v) is 1.86. The number of hydrogen-bond acceptors (Lipinski definition) is 3. The minimum absolute atomic E-state index is 0.00412. The molecule has 0 saturated heterocycles. The van der Waals surface area contributed by atoms with Crippen molar-refractivity contribution in [2.75, 3.05) is 24.7 Å². The molecule has 100 valence electrons. The molecule has 0 heterocycles. The third kappa shape index (κ3) is 4.26. The van der Waals surface area contributed by atoms with Gasteiger partial charge in [0.05, 0.1) is 5.56 Å². The van der Waals surface area contributed by atoms with Gasteiger partial charge in [0, 0.05) is 24.0 Å². The Hall–Kier alpha value is -1.16. The fourth-order valence-electron chi connectivity index (χ4n) is 1.61. The standard InChI is InChI=1S/C14H22N2OS/c1-5-15-13-7-6-10(2)8-12(13)14(17)16-9-11(3)18-4/h6-8,11,15H,5,9H2,1-4H3,(H,16,17). The van der Waals surface area contributed by atoms with Crippen molar-refractivity contribution in [2.45, 2.75) is 26.0 Å². The van der Waals surface area contributed by atoms with Crippen LogP contribution in [-0.4, -0.2) is 30.5 Å². The third-order valence-corrected chi connectivity index (χ3v) is 3.71. The van der Waals surface area contributed by atoms with Crippen LogP contribution in [0.15, 0.2) is 18.2 Å². The van der Waals surface area contributed by atoms with Gasteiger partial charge in [-0.1, -0.05) is 18.6 Å². The summed E-state index contributed by atoms with van der Waals surface area (Å²) in [7, 11) is 0. The summed E-state index contributed by atoms with van der Waals surface area (Å²) >= 11 is 1.75. The zero-order valence-electron chi connectivity index (χ0n) is 11.5. The summed E-state index contributed by atoms with van der Waals surface area (Å²) in [5.74, 6) is -0.00412. The number of carbonyl (C=O) groups excluding carboxylic acids is 1. The SMILES string of the molecule is CCNc1ccc(C)cc1C(=O)NCC(C)SC. The monoisotopic (exact) mass is 266 g/mol. The van der Waals surface area contributed by atoms with E-state index in [9.17, 15) is 4.79 Å². The van der Waals surface area contributed by atoms with Crippen molar-refractivity contribution in [3.05, 3.63) is 29.3 Å². The molecule has 1 atom stereocenters. The second-order valence-electron chi connectivity index (χ2n) is 4.34. The molecule has 2 N–H and O–H groups in total. The maximum absolute atomic E-state index is 12.2. The molecule has 1 rings (SSSR count). The molecule has 1 unspecified atom stereocenters. The molecule has 1 amide bonds. The van der Waals surface area contributed by atoms with Crippen LogP contribution in [0.2, 0.25) is 0 Å². The van der Waals surface area contributed by atoms with Crippen LogP contribution < -0.4 is 10.6 Å². The first-order valence-electron chi connectivity index (χ1n) is 6.24. The number of rotatable bonds is 6. The highest BCUT2D eigenvalue weighted by molar-refractivity contribution is 7.99. The van der Waals surface area contributed by atoms with E-state index in [2.05, 4.69) is 17.6 Å². The van der Waals surface area contributed by atoms with Gasteiger partial charge in [-0.2, -0.15) is 11.8 Å². The maximum atomic E-state index is 12.2. The molecule has 0 aromatic heterocycles. The van der Waals surface area contributed by atoms with Gasteiger partial charge in [-0.25, -0.2) is 0 Å². The molecule has 0 radical (unpaired) electrons. The maximum Gasteiger partial charge on any atom is 0.253 e. The van der Waals surface area contributed by atoms with Crippen molar-refractivity contribution >= 4 is 23.4 Å². The van der Waals surface area contributed by atoms with Gasteiger partial charge in [-0.3, -0.25) is 4.79 Å². The van der Waals surface area contributed by atoms with Gasteiger partial charge in [-0.15, -0.1) is 0 Å². The van der Waals surface area contributed by atoms with E-state index in [1.54, 1.807) is 11.8 Å². The number of amides is 1. The summed E-state index contributed by atoms with van der Waals surface area (Å²) in [5.41, 5.74) is 2.72. The van der Waals surface area contributed by atoms with E-state index < -0.39 is 0 Å². The van der Waals surface area contributed by atoms with Gasteiger partial charge in [-0.05, 0) is 32.2 Å².